The van der Waals surface area contributed by atoms with Gasteiger partial charge in [0.15, 0.2) is 5.43 Å². The molecule has 0 atom stereocenters. The van der Waals surface area contributed by atoms with Crippen molar-refractivity contribution in [2.45, 2.75) is 12.8 Å². The van der Waals surface area contributed by atoms with E-state index in [-0.39, 0.29) is 5.43 Å². The third kappa shape index (κ3) is 4.21. The third-order valence-corrected chi connectivity index (χ3v) is 3.61. The predicted octanol–water partition coefficient (Wildman–Crippen LogP) is 3.49. The topological polar surface area (TPSA) is 22.0 Å². The van der Waals surface area contributed by atoms with Gasteiger partial charge in [-0.05, 0) is 36.5 Å². The summed E-state index contributed by atoms with van der Waals surface area (Å²) in [4.78, 5) is 11.7. The lowest BCUT2D eigenvalue weighted by molar-refractivity contribution is 0.859. The van der Waals surface area contributed by atoms with Crippen LogP contribution in [0.2, 0.25) is 0 Å². The fraction of sp³-hybridized carbons (Fsp3) is 0.0952. The molecule has 3 rings (SSSR count). The van der Waals surface area contributed by atoms with Crippen LogP contribution in [0.25, 0.3) is 0 Å². The van der Waals surface area contributed by atoms with E-state index < -0.39 is 0 Å². The maximum atomic E-state index is 11.7. The zero-order valence-electron chi connectivity index (χ0n) is 12.8. The fourth-order valence-corrected chi connectivity index (χ4v) is 2.39. The fourth-order valence-electron chi connectivity index (χ4n) is 2.39. The highest BCUT2D eigenvalue weighted by atomic mass is 16.1. The molecule has 0 unspecified atom stereocenters. The predicted molar refractivity (Wildman–Crippen MR) is 93.3 cm³/mol. The lowest BCUT2D eigenvalue weighted by Gasteiger charge is -2.07. The van der Waals surface area contributed by atoms with Crippen molar-refractivity contribution in [2.75, 3.05) is 0 Å². The van der Waals surface area contributed by atoms with Crippen molar-refractivity contribution in [1.82, 2.24) is 4.57 Å². The molecule has 0 fully saturated rings. The summed E-state index contributed by atoms with van der Waals surface area (Å²) in [6, 6.07) is 26.4. The van der Waals surface area contributed by atoms with Crippen LogP contribution in [0.4, 0.5) is 0 Å². The summed E-state index contributed by atoms with van der Waals surface area (Å²) in [5.74, 6) is 3.13. The first-order valence-electron chi connectivity index (χ1n) is 7.64. The van der Waals surface area contributed by atoms with E-state index >= 15 is 0 Å². The molecule has 0 aliphatic heterocycles. The highest BCUT2D eigenvalue weighted by molar-refractivity contribution is 5.34. The van der Waals surface area contributed by atoms with Gasteiger partial charge in [0.2, 0.25) is 0 Å². The van der Waals surface area contributed by atoms with E-state index in [9.17, 15) is 4.79 Å². The molecule has 0 aliphatic rings. The monoisotopic (exact) mass is 299 g/mol. The third-order valence-electron chi connectivity index (χ3n) is 3.61. The lowest BCUT2D eigenvalue weighted by atomic mass is 10.1. The van der Waals surface area contributed by atoms with Gasteiger partial charge in [0, 0.05) is 35.6 Å². The van der Waals surface area contributed by atoms with Crippen LogP contribution in [0.15, 0.2) is 83.8 Å². The summed E-state index contributed by atoms with van der Waals surface area (Å²) in [5, 5.41) is 0. The number of hydrogen-bond donors (Lipinski definition) is 0. The minimum atomic E-state index is 0.0193. The molecule has 1 heterocycles. The second-order valence-electron chi connectivity index (χ2n) is 5.31. The molecular weight excluding hydrogens is 282 g/mol. The molecule has 112 valence electrons. The number of hydrogen-bond acceptors (Lipinski definition) is 1. The molecule has 0 amide bonds. The van der Waals surface area contributed by atoms with Crippen LogP contribution in [0.1, 0.15) is 16.8 Å². The van der Waals surface area contributed by atoms with E-state index in [1.54, 1.807) is 18.3 Å². The lowest BCUT2D eigenvalue weighted by Crippen LogP contribution is -2.09. The Kier molecular flexibility index (Phi) is 4.71. The molecule has 23 heavy (non-hydrogen) atoms. The second kappa shape index (κ2) is 7.29. The van der Waals surface area contributed by atoms with Crippen LogP contribution in [-0.4, -0.2) is 4.57 Å². The van der Waals surface area contributed by atoms with E-state index in [1.165, 1.54) is 5.56 Å². The van der Waals surface area contributed by atoms with Crippen LogP contribution in [0.5, 0.6) is 0 Å². The van der Waals surface area contributed by atoms with Crippen LogP contribution >= 0.6 is 0 Å². The minimum Gasteiger partial charge on any atom is -0.290 e. The van der Waals surface area contributed by atoms with Crippen molar-refractivity contribution < 1.29 is 0 Å². The Balaban J connectivity index is 1.84. The van der Waals surface area contributed by atoms with Gasteiger partial charge in [0.1, 0.15) is 0 Å². The van der Waals surface area contributed by atoms with Crippen LogP contribution < -0.4 is 5.43 Å². The smallest absolute Gasteiger partial charge is 0.181 e. The Morgan fingerprint density at radius 2 is 1.52 bits per heavy atom. The zero-order chi connectivity index (χ0) is 15.9. The molecule has 1 aromatic heterocycles. The van der Waals surface area contributed by atoms with Gasteiger partial charge in [0.25, 0.3) is 0 Å². The number of nitrogens with zero attached hydrogens (tertiary/aromatic N) is 1. The van der Waals surface area contributed by atoms with E-state index in [2.05, 4.69) is 24.1 Å². The Labute approximate surface area is 136 Å². The molecule has 0 saturated carbocycles. The first-order valence-corrected chi connectivity index (χ1v) is 7.64. The highest BCUT2D eigenvalue weighted by Crippen LogP contribution is 2.06. The number of rotatable bonds is 3. The van der Waals surface area contributed by atoms with Crippen molar-refractivity contribution in [3.8, 4) is 12.0 Å². The summed E-state index contributed by atoms with van der Waals surface area (Å²) in [6.45, 7) is 0. The average molecular weight is 299 g/mol. The molecule has 2 nitrogen and oxygen atoms in total. The Bertz CT molecular complexity index is 884. The quantitative estimate of drug-likeness (QED) is 0.679. The normalized spacial score (nSPS) is 9.91. The summed E-state index contributed by atoms with van der Waals surface area (Å²) in [7, 11) is 0. The number of aromatic nitrogens is 1. The minimum absolute atomic E-state index is 0.0193. The van der Waals surface area contributed by atoms with Gasteiger partial charge < -0.3 is 0 Å². The molecule has 2 heteroatoms. The average Bonchev–Trinajstić information content (AvgIpc) is 2.61. The summed E-state index contributed by atoms with van der Waals surface area (Å²) in [6.07, 6.45) is 3.42. The largest absolute Gasteiger partial charge is 0.290 e. The van der Waals surface area contributed by atoms with Crippen molar-refractivity contribution in [1.29, 1.82) is 0 Å². The van der Waals surface area contributed by atoms with Crippen LogP contribution in [0, 0.1) is 12.0 Å². The summed E-state index contributed by atoms with van der Waals surface area (Å²) >= 11 is 0. The Morgan fingerprint density at radius 3 is 2.26 bits per heavy atom. The molecule has 0 saturated heterocycles. The molecule has 0 radical (unpaired) electrons. The van der Waals surface area contributed by atoms with Gasteiger partial charge in [-0.15, -0.1) is 0 Å². The van der Waals surface area contributed by atoms with Crippen molar-refractivity contribution >= 4 is 0 Å². The molecule has 0 bridgehead atoms. The Morgan fingerprint density at radius 1 is 0.826 bits per heavy atom. The van der Waals surface area contributed by atoms with E-state index in [0.717, 1.165) is 24.1 Å². The first kappa shape index (κ1) is 14.9. The molecule has 0 N–H and O–H groups in total. The van der Waals surface area contributed by atoms with Gasteiger partial charge >= 0.3 is 0 Å². The van der Waals surface area contributed by atoms with Crippen molar-refractivity contribution in [2.24, 2.45) is 0 Å². The standard InChI is InChI=1S/C21H17NO/c23-21-14-16-22(15-13-19-9-5-2-6-10-19)20(17-21)12-11-18-7-3-1-4-8-18/h1-10,14,16-17H,11-12H2. The van der Waals surface area contributed by atoms with Crippen molar-refractivity contribution in [3.05, 3.63) is 106 Å². The van der Waals surface area contributed by atoms with Gasteiger partial charge in [-0.3, -0.25) is 9.36 Å². The molecule has 0 spiro atoms. The van der Waals surface area contributed by atoms with Crippen LogP contribution in [0.3, 0.4) is 0 Å². The maximum absolute atomic E-state index is 11.7. The second-order valence-corrected chi connectivity index (χ2v) is 5.31. The van der Waals surface area contributed by atoms with E-state index in [4.69, 9.17) is 0 Å². The number of pyridine rings is 1. The van der Waals surface area contributed by atoms with Gasteiger partial charge in [0.05, 0.1) is 0 Å². The highest BCUT2D eigenvalue weighted by Gasteiger charge is 2.01. The molecule has 2 aromatic carbocycles. The number of benzene rings is 2. The zero-order valence-corrected chi connectivity index (χ0v) is 12.8. The molecule has 3 aromatic rings. The molecular formula is C21H17NO. The SMILES string of the molecule is O=c1ccn(C#Cc2ccccc2)c(CCc2ccccc2)c1. The molecule has 0 aliphatic carbocycles. The van der Waals surface area contributed by atoms with Gasteiger partial charge in [-0.2, -0.15) is 0 Å². The Hall–Kier alpha value is -3.05. The van der Waals surface area contributed by atoms with Crippen LogP contribution in [-0.2, 0) is 12.8 Å². The van der Waals surface area contributed by atoms with E-state index in [0.29, 0.717) is 0 Å². The maximum Gasteiger partial charge on any atom is 0.181 e. The van der Waals surface area contributed by atoms with Gasteiger partial charge in [-0.1, -0.05) is 48.5 Å². The summed E-state index contributed by atoms with van der Waals surface area (Å²) < 4.78 is 1.84. The van der Waals surface area contributed by atoms with Gasteiger partial charge in [-0.25, -0.2) is 0 Å². The van der Waals surface area contributed by atoms with E-state index in [1.807, 2.05) is 53.1 Å². The van der Waals surface area contributed by atoms with Crippen molar-refractivity contribution in [3.63, 3.8) is 0 Å². The number of aryl methyl sites for hydroxylation is 2. The summed E-state index contributed by atoms with van der Waals surface area (Å²) in [5.41, 5.74) is 3.17. The first-order chi connectivity index (χ1) is 11.3.